The van der Waals surface area contributed by atoms with E-state index in [9.17, 15) is 9.90 Å². The van der Waals surface area contributed by atoms with Crippen molar-refractivity contribution >= 4 is 35.0 Å². The third-order valence-corrected chi connectivity index (χ3v) is 9.57. The Morgan fingerprint density at radius 1 is 0.842 bits per heavy atom. The molecule has 2 heterocycles. The molecule has 0 atom stereocenters. The Morgan fingerprint density at radius 3 is 1.71 bits per heavy atom. The molecule has 0 aromatic carbocycles. The molecule has 0 saturated heterocycles. The molecule has 1 aliphatic carbocycles. The maximum atomic E-state index is 13.2. The van der Waals surface area contributed by atoms with Gasteiger partial charge in [-0.25, -0.2) is 0 Å². The van der Waals surface area contributed by atoms with E-state index in [0.29, 0.717) is 23.0 Å². The van der Waals surface area contributed by atoms with Crippen molar-refractivity contribution in [3.05, 3.63) is 78.0 Å². The van der Waals surface area contributed by atoms with Crippen molar-refractivity contribution in [1.82, 2.24) is 0 Å². The van der Waals surface area contributed by atoms with Crippen LogP contribution in [0.2, 0.25) is 0 Å². The van der Waals surface area contributed by atoms with Gasteiger partial charge in [0.25, 0.3) is 0 Å². The largest absolute Gasteiger partial charge is 0.871 e. The topological polar surface area (TPSA) is 40.1 Å². The lowest BCUT2D eigenvalue weighted by molar-refractivity contribution is -0.300. The van der Waals surface area contributed by atoms with E-state index in [-0.39, 0.29) is 22.4 Å². The van der Waals surface area contributed by atoms with Crippen molar-refractivity contribution in [1.29, 1.82) is 0 Å². The molecular weight excluding hydrogens is 505 g/mol. The van der Waals surface area contributed by atoms with Gasteiger partial charge in [-0.15, -0.1) is 0 Å². The van der Waals surface area contributed by atoms with Crippen molar-refractivity contribution < 1.29 is 9.90 Å². The Labute approximate surface area is 239 Å². The molecule has 0 fully saturated rings. The fraction of sp³-hybridized carbons (Fsp3) is 0.529. The van der Waals surface area contributed by atoms with Crippen LogP contribution in [-0.4, -0.2) is 5.78 Å². The lowest BCUT2D eigenvalue weighted by Gasteiger charge is -2.29. The molecule has 0 N–H and O–H groups in total. The minimum absolute atomic E-state index is 0.139. The average molecular weight is 551 g/mol. The lowest BCUT2D eigenvalue weighted by atomic mass is 9.85. The van der Waals surface area contributed by atoms with Crippen LogP contribution in [0.4, 0.5) is 0 Å². The van der Waals surface area contributed by atoms with E-state index in [0.717, 1.165) is 36.8 Å². The Balaban J connectivity index is 1.93. The maximum Gasteiger partial charge on any atom is 0.218 e. The third kappa shape index (κ3) is 8.55. The van der Waals surface area contributed by atoms with Gasteiger partial charge in [-0.3, -0.25) is 4.79 Å². The second kappa shape index (κ2) is 12.1. The summed E-state index contributed by atoms with van der Waals surface area (Å²) in [6.45, 7) is 22.3. The highest BCUT2D eigenvalue weighted by Gasteiger charge is 2.27. The Bertz CT molecular complexity index is 1160. The highest BCUT2D eigenvalue weighted by molar-refractivity contribution is 8.06. The van der Waals surface area contributed by atoms with Crippen LogP contribution in [0.15, 0.2) is 62.6 Å². The standard InChI is InChI=1S/C34H46O2S2/c1-21(2)29-19-24(20-30(38-29)22(3)4)18-28-31(35)27(32(28)36)17-23-15-25(11-13-33(5,6)7)37-26(16-23)12-14-34(8,9)10/h15-22H,11-14H2,1-10H3. The highest BCUT2D eigenvalue weighted by atomic mass is 32.2. The normalized spacial score (nSPS) is 17.8. The summed E-state index contributed by atoms with van der Waals surface area (Å²) in [4.78, 5) is 18.3. The van der Waals surface area contributed by atoms with Crippen molar-refractivity contribution in [2.45, 2.75) is 107 Å². The smallest absolute Gasteiger partial charge is 0.218 e. The van der Waals surface area contributed by atoms with E-state index in [1.807, 2.05) is 29.2 Å². The maximum absolute atomic E-state index is 13.2. The lowest BCUT2D eigenvalue weighted by Crippen LogP contribution is -2.29. The Hall–Kier alpha value is -1.91. The quantitative estimate of drug-likeness (QED) is 0.239. The minimum atomic E-state index is -0.139. The van der Waals surface area contributed by atoms with Gasteiger partial charge in [0, 0.05) is 35.1 Å². The molecule has 0 unspecified atom stereocenters. The number of hydrogen-bond acceptors (Lipinski definition) is 3. The molecule has 1 aliphatic heterocycles. The van der Waals surface area contributed by atoms with Crippen molar-refractivity contribution in [3.8, 4) is 0 Å². The van der Waals surface area contributed by atoms with Crippen LogP contribution >= 0.6 is 23.1 Å². The SMILES string of the molecule is CC(C)c1cc(C=C2C(=O)C(C=C3C=C(CCC(C)(C)C)SC(CCC(C)(C)C)=C3)=C2[O-])cc(C(C)C)[s+]1. The molecule has 0 amide bonds. The number of hydrogen-bond donors (Lipinski definition) is 0. The van der Waals surface area contributed by atoms with Crippen LogP contribution in [0.1, 0.15) is 122 Å². The van der Waals surface area contributed by atoms with Crippen molar-refractivity contribution in [2.24, 2.45) is 10.8 Å². The number of Topliss-reactive ketones (excluding diaryl/α,β-unsaturated/α-hetero) is 1. The van der Waals surface area contributed by atoms with E-state index in [1.165, 1.54) is 19.6 Å². The van der Waals surface area contributed by atoms with Gasteiger partial charge in [-0.1, -0.05) is 86.8 Å². The van der Waals surface area contributed by atoms with E-state index in [4.69, 9.17) is 0 Å². The van der Waals surface area contributed by atoms with Crippen LogP contribution < -0.4 is 5.11 Å². The number of carbonyl (C=O) groups is 1. The molecule has 2 aliphatic rings. The zero-order valence-corrected chi connectivity index (χ0v) is 26.7. The summed E-state index contributed by atoms with van der Waals surface area (Å²) in [7, 11) is 0. The monoisotopic (exact) mass is 550 g/mol. The minimum Gasteiger partial charge on any atom is -0.871 e. The number of carbonyl (C=O) groups excluding carboxylic acids is 1. The molecule has 4 heteroatoms. The van der Waals surface area contributed by atoms with Crippen LogP contribution in [-0.2, 0) is 4.79 Å². The molecule has 1 aromatic heterocycles. The Kier molecular flexibility index (Phi) is 9.74. The number of rotatable bonds is 8. The molecule has 0 saturated carbocycles. The summed E-state index contributed by atoms with van der Waals surface area (Å²) in [6.07, 6.45) is 12.2. The first-order valence-corrected chi connectivity index (χ1v) is 15.6. The van der Waals surface area contributed by atoms with Gasteiger partial charge < -0.3 is 5.11 Å². The van der Waals surface area contributed by atoms with Crippen LogP contribution in [0.3, 0.4) is 0 Å². The Morgan fingerprint density at radius 2 is 1.32 bits per heavy atom. The number of thioether (sulfide) groups is 1. The predicted octanol–water partition coefficient (Wildman–Crippen LogP) is 9.95. The molecule has 38 heavy (non-hydrogen) atoms. The van der Waals surface area contributed by atoms with E-state index < -0.39 is 0 Å². The summed E-state index contributed by atoms with van der Waals surface area (Å²) in [5.41, 5.74) is 3.05. The second-order valence-electron chi connectivity index (χ2n) is 13.7. The van der Waals surface area contributed by atoms with Gasteiger partial charge in [0.2, 0.25) is 21.1 Å². The average Bonchev–Trinajstić information content (AvgIpc) is 2.82. The van der Waals surface area contributed by atoms with Gasteiger partial charge in [0.1, 0.15) is 0 Å². The van der Waals surface area contributed by atoms with E-state index >= 15 is 0 Å². The molecule has 0 radical (unpaired) electrons. The van der Waals surface area contributed by atoms with Gasteiger partial charge in [0.05, 0.1) is 0 Å². The fourth-order valence-electron chi connectivity index (χ4n) is 4.21. The molecule has 0 spiro atoms. The summed E-state index contributed by atoms with van der Waals surface area (Å²) in [5, 5.41) is 13.2. The molecule has 206 valence electrons. The van der Waals surface area contributed by atoms with Crippen molar-refractivity contribution in [3.63, 3.8) is 0 Å². The van der Waals surface area contributed by atoms with Gasteiger partial charge in [-0.2, -0.15) is 0 Å². The van der Waals surface area contributed by atoms with Gasteiger partial charge in [0.15, 0.2) is 5.78 Å². The first kappa shape index (κ1) is 30.6. The number of allylic oxidation sites excluding steroid dienone is 8. The zero-order valence-electron chi connectivity index (χ0n) is 25.1. The summed E-state index contributed by atoms with van der Waals surface area (Å²) >= 11 is 3.69. The zero-order chi connectivity index (χ0) is 28.4. The highest BCUT2D eigenvalue weighted by Crippen LogP contribution is 2.42. The van der Waals surface area contributed by atoms with E-state index in [2.05, 4.69) is 93.5 Å². The molecule has 1 aromatic rings. The molecule has 2 nitrogen and oxygen atoms in total. The van der Waals surface area contributed by atoms with Crippen LogP contribution in [0, 0.1) is 10.8 Å². The van der Waals surface area contributed by atoms with Gasteiger partial charge in [-0.05, 0) is 81.8 Å². The molecular formula is C34H46O2S2. The summed E-state index contributed by atoms with van der Waals surface area (Å²) in [5.74, 6) is 0.524. The predicted molar refractivity (Wildman–Crippen MR) is 166 cm³/mol. The first-order valence-electron chi connectivity index (χ1n) is 14.0. The first-order chi connectivity index (χ1) is 17.5. The summed E-state index contributed by atoms with van der Waals surface area (Å²) in [6, 6.07) is 4.25. The molecule has 3 rings (SSSR count). The summed E-state index contributed by atoms with van der Waals surface area (Å²) < 4.78 is 0. The van der Waals surface area contributed by atoms with Crippen LogP contribution in [0.25, 0.3) is 6.08 Å². The second-order valence-corrected chi connectivity index (χ2v) is 16.1. The van der Waals surface area contributed by atoms with E-state index in [1.54, 1.807) is 6.08 Å². The number of ketones is 1. The van der Waals surface area contributed by atoms with Crippen LogP contribution in [0.5, 0.6) is 0 Å². The van der Waals surface area contributed by atoms with Crippen molar-refractivity contribution in [2.75, 3.05) is 0 Å². The fourth-order valence-corrected chi connectivity index (χ4v) is 6.48. The third-order valence-electron chi connectivity index (χ3n) is 6.75. The van der Waals surface area contributed by atoms with Gasteiger partial charge >= 0.3 is 0 Å². The molecule has 0 bridgehead atoms.